The molecule has 0 saturated carbocycles. The number of piperidine rings is 1. The zero-order chi connectivity index (χ0) is 15.0. The molecular weight excluding hydrogens is 331 g/mol. The van der Waals surface area contributed by atoms with Gasteiger partial charge in [0.15, 0.2) is 0 Å². The van der Waals surface area contributed by atoms with E-state index in [0.29, 0.717) is 4.31 Å². The van der Waals surface area contributed by atoms with Gasteiger partial charge in [0.2, 0.25) is 10.0 Å². The molecule has 10 heteroatoms. The number of hydrogen-bond acceptors (Lipinski definition) is 4. The maximum absolute atomic E-state index is 13.0. The summed E-state index contributed by atoms with van der Waals surface area (Å²) in [6, 6.07) is -0.0533. The molecule has 1 aromatic heterocycles. The Morgan fingerprint density at radius 2 is 2.00 bits per heavy atom. The van der Waals surface area contributed by atoms with Crippen LogP contribution in [0, 0.1) is 0 Å². The van der Waals surface area contributed by atoms with Gasteiger partial charge in [0.25, 0.3) is 0 Å². The minimum absolute atomic E-state index is 0. The molecule has 1 fully saturated rings. The number of alkyl halides is 3. The van der Waals surface area contributed by atoms with Gasteiger partial charge in [0.05, 0.1) is 0 Å². The van der Waals surface area contributed by atoms with Gasteiger partial charge in [-0.15, -0.1) is 12.4 Å². The molecule has 1 aromatic rings. The van der Waals surface area contributed by atoms with Gasteiger partial charge < -0.3 is 5.73 Å². The minimum Gasteiger partial charge on any atom is -0.327 e. The van der Waals surface area contributed by atoms with Crippen molar-refractivity contribution in [3.8, 4) is 0 Å². The Morgan fingerprint density at radius 3 is 2.52 bits per heavy atom. The van der Waals surface area contributed by atoms with E-state index < -0.39 is 28.3 Å². The molecule has 1 aliphatic rings. The van der Waals surface area contributed by atoms with Crippen molar-refractivity contribution >= 4 is 22.4 Å². The zero-order valence-electron chi connectivity index (χ0n) is 10.8. The van der Waals surface area contributed by atoms with E-state index in [1.54, 1.807) is 0 Å². The van der Waals surface area contributed by atoms with Crippen LogP contribution in [-0.4, -0.2) is 42.5 Å². The Balaban J connectivity index is 0.00000220. The molecular formula is C11H15ClF3N3O2S. The highest BCUT2D eigenvalue weighted by Crippen LogP contribution is 2.34. The van der Waals surface area contributed by atoms with E-state index in [4.69, 9.17) is 5.73 Å². The number of nitrogens with two attached hydrogens (primary N) is 1. The molecule has 2 rings (SSSR count). The summed E-state index contributed by atoms with van der Waals surface area (Å²) >= 11 is 0. The molecule has 0 radical (unpaired) electrons. The average molecular weight is 346 g/mol. The van der Waals surface area contributed by atoms with Gasteiger partial charge in [-0.05, 0) is 25.0 Å². The van der Waals surface area contributed by atoms with Crippen molar-refractivity contribution in [1.29, 1.82) is 0 Å². The van der Waals surface area contributed by atoms with Crippen molar-refractivity contribution in [3.63, 3.8) is 0 Å². The second kappa shape index (κ2) is 6.47. The number of sulfonamides is 1. The van der Waals surface area contributed by atoms with Gasteiger partial charge in [0.1, 0.15) is 10.9 Å². The maximum atomic E-state index is 13.0. The van der Waals surface area contributed by atoms with Crippen LogP contribution in [0.25, 0.3) is 0 Å². The third-order valence-electron chi connectivity index (χ3n) is 3.19. The monoisotopic (exact) mass is 345 g/mol. The molecule has 0 amide bonds. The van der Waals surface area contributed by atoms with Crippen molar-refractivity contribution in [1.82, 2.24) is 9.29 Å². The molecule has 2 N–H and O–H groups in total. The summed E-state index contributed by atoms with van der Waals surface area (Å²) in [6.07, 6.45) is -2.42. The van der Waals surface area contributed by atoms with Crippen LogP contribution in [0.5, 0.6) is 0 Å². The summed E-state index contributed by atoms with van der Waals surface area (Å²) in [6.45, 7) is -0.346. The number of pyridine rings is 1. The van der Waals surface area contributed by atoms with E-state index >= 15 is 0 Å². The Labute approximate surface area is 126 Å². The van der Waals surface area contributed by atoms with Crippen LogP contribution in [0.3, 0.4) is 0 Å². The smallest absolute Gasteiger partial charge is 0.327 e. The number of halogens is 4. The summed E-state index contributed by atoms with van der Waals surface area (Å²) in [7, 11) is -4.26. The molecule has 21 heavy (non-hydrogen) atoms. The predicted molar refractivity (Wildman–Crippen MR) is 72.4 cm³/mol. The fraction of sp³-hybridized carbons (Fsp3) is 0.545. The highest BCUT2D eigenvalue weighted by molar-refractivity contribution is 7.89. The fourth-order valence-corrected chi connectivity index (χ4v) is 3.86. The first-order chi connectivity index (χ1) is 9.23. The lowest BCUT2D eigenvalue weighted by Crippen LogP contribution is -2.56. The van der Waals surface area contributed by atoms with Crippen molar-refractivity contribution in [2.24, 2.45) is 5.73 Å². The van der Waals surface area contributed by atoms with Gasteiger partial charge >= 0.3 is 6.18 Å². The van der Waals surface area contributed by atoms with Gasteiger partial charge in [-0.1, -0.05) is 0 Å². The van der Waals surface area contributed by atoms with Crippen molar-refractivity contribution in [2.75, 3.05) is 6.54 Å². The van der Waals surface area contributed by atoms with E-state index in [-0.39, 0.29) is 36.7 Å². The van der Waals surface area contributed by atoms with Crippen LogP contribution in [-0.2, 0) is 10.0 Å². The van der Waals surface area contributed by atoms with Crippen molar-refractivity contribution < 1.29 is 21.6 Å². The van der Waals surface area contributed by atoms with Crippen LogP contribution in [0.1, 0.15) is 12.8 Å². The van der Waals surface area contributed by atoms with Crippen LogP contribution in [0.2, 0.25) is 0 Å². The molecule has 0 spiro atoms. The first-order valence-corrected chi connectivity index (χ1v) is 7.41. The minimum atomic E-state index is -4.62. The Morgan fingerprint density at radius 1 is 1.33 bits per heavy atom. The summed E-state index contributed by atoms with van der Waals surface area (Å²) in [5, 5.41) is 0. The quantitative estimate of drug-likeness (QED) is 0.882. The first-order valence-electron chi connectivity index (χ1n) is 5.97. The van der Waals surface area contributed by atoms with E-state index in [9.17, 15) is 21.6 Å². The summed E-state index contributed by atoms with van der Waals surface area (Å²) in [4.78, 5) is 3.37. The third-order valence-corrected chi connectivity index (χ3v) is 5.05. The van der Waals surface area contributed by atoms with Crippen LogP contribution >= 0.6 is 12.4 Å². The molecule has 1 aliphatic heterocycles. The second-order valence-electron chi connectivity index (χ2n) is 4.66. The first kappa shape index (κ1) is 18.1. The van der Waals surface area contributed by atoms with Crippen LogP contribution in [0.4, 0.5) is 13.2 Å². The SMILES string of the molecule is Cl.NC1CCC(C(F)(F)F)N(S(=O)(=O)c2cccnc2)C1. The molecule has 1 saturated heterocycles. The Bertz CT molecular complexity index is 568. The Kier molecular flexibility index (Phi) is 5.59. The van der Waals surface area contributed by atoms with E-state index in [2.05, 4.69) is 4.98 Å². The molecule has 2 unspecified atom stereocenters. The lowest BCUT2D eigenvalue weighted by molar-refractivity contribution is -0.178. The molecule has 0 aromatic carbocycles. The normalized spacial score (nSPS) is 24.4. The fourth-order valence-electron chi connectivity index (χ4n) is 2.19. The summed E-state index contributed by atoms with van der Waals surface area (Å²) in [5.41, 5.74) is 5.62. The molecule has 0 bridgehead atoms. The molecule has 0 aliphatic carbocycles. The van der Waals surface area contributed by atoms with Gasteiger partial charge in [0, 0.05) is 25.0 Å². The zero-order valence-corrected chi connectivity index (χ0v) is 12.5. The van der Waals surface area contributed by atoms with Gasteiger partial charge in [-0.3, -0.25) is 4.98 Å². The molecule has 2 heterocycles. The third kappa shape index (κ3) is 3.85. The van der Waals surface area contributed by atoms with Crippen LogP contribution < -0.4 is 5.73 Å². The van der Waals surface area contributed by atoms with E-state index in [1.165, 1.54) is 18.3 Å². The Hall–Kier alpha value is -0.900. The summed E-state index contributed by atoms with van der Waals surface area (Å²) < 4.78 is 64.1. The summed E-state index contributed by atoms with van der Waals surface area (Å²) in [5.74, 6) is 0. The van der Waals surface area contributed by atoms with E-state index in [0.717, 1.165) is 6.20 Å². The topological polar surface area (TPSA) is 76.3 Å². The lowest BCUT2D eigenvalue weighted by atomic mass is 10.0. The largest absolute Gasteiger partial charge is 0.405 e. The highest BCUT2D eigenvalue weighted by atomic mass is 35.5. The lowest BCUT2D eigenvalue weighted by Gasteiger charge is -2.38. The number of rotatable bonds is 2. The number of hydrogen-bond donors (Lipinski definition) is 1. The maximum Gasteiger partial charge on any atom is 0.405 e. The molecule has 120 valence electrons. The second-order valence-corrected chi connectivity index (χ2v) is 6.55. The number of nitrogens with zero attached hydrogens (tertiary/aromatic N) is 2. The van der Waals surface area contributed by atoms with Crippen molar-refractivity contribution in [3.05, 3.63) is 24.5 Å². The molecule has 5 nitrogen and oxygen atoms in total. The molecule has 2 atom stereocenters. The van der Waals surface area contributed by atoms with Gasteiger partial charge in [-0.25, -0.2) is 8.42 Å². The highest BCUT2D eigenvalue weighted by Gasteiger charge is 2.50. The average Bonchev–Trinajstić information content (AvgIpc) is 2.38. The van der Waals surface area contributed by atoms with Crippen molar-refractivity contribution in [2.45, 2.75) is 36.0 Å². The van der Waals surface area contributed by atoms with E-state index in [1.807, 2.05) is 0 Å². The van der Waals surface area contributed by atoms with Gasteiger partial charge in [-0.2, -0.15) is 17.5 Å². The standard InChI is InChI=1S/C11H14F3N3O2S.ClH/c12-11(13,14)10-4-3-8(15)7-17(10)20(18,19)9-2-1-5-16-6-9;/h1-2,5-6,8,10H,3-4,7,15H2;1H. The van der Waals surface area contributed by atoms with Crippen LogP contribution in [0.15, 0.2) is 29.4 Å². The predicted octanol–water partition coefficient (Wildman–Crippen LogP) is 1.55. The number of aromatic nitrogens is 1.